The van der Waals surface area contributed by atoms with Crippen molar-refractivity contribution in [2.75, 3.05) is 20.3 Å². The monoisotopic (exact) mass is 118 g/mol. The smallest absolute Gasteiger partial charge is 0.109 e. The van der Waals surface area contributed by atoms with Crippen LogP contribution >= 0.6 is 0 Å². The van der Waals surface area contributed by atoms with Crippen LogP contribution in [-0.4, -0.2) is 37.6 Å². The van der Waals surface area contributed by atoms with E-state index in [1.165, 1.54) is 0 Å². The van der Waals surface area contributed by atoms with Crippen molar-refractivity contribution < 1.29 is 14.6 Å². The lowest BCUT2D eigenvalue weighted by Crippen LogP contribution is -2.25. The van der Waals surface area contributed by atoms with E-state index in [2.05, 4.69) is 0 Å². The van der Waals surface area contributed by atoms with E-state index >= 15 is 0 Å². The Morgan fingerprint density at radius 3 is 2.62 bits per heavy atom. The molecule has 1 aliphatic heterocycles. The van der Waals surface area contributed by atoms with Crippen LogP contribution in [0.2, 0.25) is 0 Å². The third-order valence-corrected chi connectivity index (χ3v) is 1.30. The second-order valence-corrected chi connectivity index (χ2v) is 1.88. The maximum Gasteiger partial charge on any atom is 0.109 e. The Hall–Kier alpha value is -0.120. The van der Waals surface area contributed by atoms with Crippen LogP contribution in [0.25, 0.3) is 0 Å². The highest BCUT2D eigenvalue weighted by atomic mass is 16.6. The van der Waals surface area contributed by atoms with Gasteiger partial charge in [-0.1, -0.05) is 0 Å². The van der Waals surface area contributed by atoms with E-state index < -0.39 is 6.10 Å². The topological polar surface area (TPSA) is 38.7 Å². The molecule has 2 atom stereocenters. The van der Waals surface area contributed by atoms with Crippen molar-refractivity contribution in [3.8, 4) is 0 Å². The van der Waals surface area contributed by atoms with E-state index in [9.17, 15) is 0 Å². The van der Waals surface area contributed by atoms with E-state index in [0.717, 1.165) is 0 Å². The number of ether oxygens (including phenoxy) is 2. The van der Waals surface area contributed by atoms with Gasteiger partial charge in [-0.15, -0.1) is 0 Å². The van der Waals surface area contributed by atoms with Gasteiger partial charge in [0.05, 0.1) is 13.2 Å². The number of aliphatic hydroxyl groups excluding tert-OH is 1. The molecule has 1 N–H and O–H groups in total. The molecule has 8 heavy (non-hydrogen) atoms. The van der Waals surface area contributed by atoms with Gasteiger partial charge in [0.1, 0.15) is 12.2 Å². The largest absolute Gasteiger partial charge is 0.388 e. The lowest BCUT2D eigenvalue weighted by Gasteiger charge is -2.07. The first-order valence-corrected chi connectivity index (χ1v) is 2.63. The van der Waals surface area contributed by atoms with E-state index in [1.54, 1.807) is 7.11 Å². The SMILES string of the molecule is CO[C@H]1COC[C@@H]1O. The summed E-state index contributed by atoms with van der Waals surface area (Å²) in [7, 11) is 1.57. The van der Waals surface area contributed by atoms with Gasteiger partial charge in [0.2, 0.25) is 0 Å². The standard InChI is InChI=1S/C5H10O3/c1-7-5-3-8-2-4(5)6/h4-6H,2-3H2,1H3/t4-,5-/m0/s1. The fraction of sp³-hybridized carbons (Fsp3) is 1.00. The summed E-state index contributed by atoms with van der Waals surface area (Å²) in [6, 6.07) is 0. The summed E-state index contributed by atoms with van der Waals surface area (Å²) < 4.78 is 9.73. The number of rotatable bonds is 1. The molecule has 1 heterocycles. The van der Waals surface area contributed by atoms with Gasteiger partial charge in [-0.25, -0.2) is 0 Å². The molecule has 1 rings (SSSR count). The zero-order valence-electron chi connectivity index (χ0n) is 4.83. The fourth-order valence-electron chi connectivity index (χ4n) is 0.748. The van der Waals surface area contributed by atoms with E-state index in [4.69, 9.17) is 14.6 Å². The Bertz CT molecular complexity index is 74.1. The van der Waals surface area contributed by atoms with Gasteiger partial charge in [0.25, 0.3) is 0 Å². The fourth-order valence-corrected chi connectivity index (χ4v) is 0.748. The molecule has 0 aromatic rings. The minimum Gasteiger partial charge on any atom is -0.388 e. The summed E-state index contributed by atoms with van der Waals surface area (Å²) in [4.78, 5) is 0. The molecule has 48 valence electrons. The second kappa shape index (κ2) is 2.44. The van der Waals surface area contributed by atoms with Gasteiger partial charge in [-0.2, -0.15) is 0 Å². The zero-order valence-corrected chi connectivity index (χ0v) is 4.83. The Balaban J connectivity index is 2.30. The van der Waals surface area contributed by atoms with Crippen molar-refractivity contribution in [3.63, 3.8) is 0 Å². The van der Waals surface area contributed by atoms with Crippen molar-refractivity contribution in [3.05, 3.63) is 0 Å². The van der Waals surface area contributed by atoms with E-state index in [1.807, 2.05) is 0 Å². The normalized spacial score (nSPS) is 38.2. The third-order valence-electron chi connectivity index (χ3n) is 1.30. The molecule has 1 saturated heterocycles. The molecule has 3 nitrogen and oxygen atoms in total. The first-order chi connectivity index (χ1) is 3.84. The van der Waals surface area contributed by atoms with Crippen LogP contribution in [0.15, 0.2) is 0 Å². The van der Waals surface area contributed by atoms with Gasteiger partial charge in [0, 0.05) is 7.11 Å². The van der Waals surface area contributed by atoms with Crippen LogP contribution in [0.5, 0.6) is 0 Å². The third kappa shape index (κ3) is 0.992. The highest BCUT2D eigenvalue weighted by Crippen LogP contribution is 2.07. The first kappa shape index (κ1) is 6.01. The van der Waals surface area contributed by atoms with Crippen LogP contribution in [0.1, 0.15) is 0 Å². The summed E-state index contributed by atoms with van der Waals surface area (Å²) in [6.45, 7) is 0.941. The molecule has 0 amide bonds. The molecule has 0 unspecified atom stereocenters. The van der Waals surface area contributed by atoms with Crippen molar-refractivity contribution in [2.24, 2.45) is 0 Å². The summed E-state index contributed by atoms with van der Waals surface area (Å²) in [5, 5.41) is 8.94. The summed E-state index contributed by atoms with van der Waals surface area (Å²) in [5.74, 6) is 0. The number of methoxy groups -OCH3 is 1. The van der Waals surface area contributed by atoms with Crippen LogP contribution in [-0.2, 0) is 9.47 Å². The molecular formula is C5H10O3. The quantitative estimate of drug-likeness (QED) is 0.499. The minimum atomic E-state index is -0.417. The lowest BCUT2D eigenvalue weighted by molar-refractivity contribution is 0.0209. The molecule has 0 aromatic heterocycles. The van der Waals surface area contributed by atoms with Crippen molar-refractivity contribution in [1.82, 2.24) is 0 Å². The van der Waals surface area contributed by atoms with Gasteiger partial charge in [-0.3, -0.25) is 0 Å². The maximum absolute atomic E-state index is 8.94. The van der Waals surface area contributed by atoms with Gasteiger partial charge in [0.15, 0.2) is 0 Å². The molecule has 0 saturated carbocycles. The van der Waals surface area contributed by atoms with Crippen molar-refractivity contribution in [1.29, 1.82) is 0 Å². The predicted octanol–water partition coefficient (Wildman–Crippen LogP) is -0.608. The van der Waals surface area contributed by atoms with Crippen LogP contribution < -0.4 is 0 Å². The molecule has 0 radical (unpaired) electrons. The number of hydrogen-bond acceptors (Lipinski definition) is 3. The van der Waals surface area contributed by atoms with Gasteiger partial charge < -0.3 is 14.6 Å². The van der Waals surface area contributed by atoms with Gasteiger partial charge in [-0.05, 0) is 0 Å². The first-order valence-electron chi connectivity index (χ1n) is 2.63. The Morgan fingerprint density at radius 1 is 1.62 bits per heavy atom. The molecule has 0 spiro atoms. The zero-order chi connectivity index (χ0) is 5.98. The highest BCUT2D eigenvalue weighted by molar-refractivity contribution is 4.73. The van der Waals surface area contributed by atoms with E-state index in [0.29, 0.717) is 13.2 Å². The highest BCUT2D eigenvalue weighted by Gasteiger charge is 2.25. The summed E-state index contributed by atoms with van der Waals surface area (Å²) >= 11 is 0. The average Bonchev–Trinajstić information content (AvgIpc) is 2.14. The van der Waals surface area contributed by atoms with Crippen LogP contribution in [0.3, 0.4) is 0 Å². The predicted molar refractivity (Wildman–Crippen MR) is 27.6 cm³/mol. The maximum atomic E-state index is 8.94. The van der Waals surface area contributed by atoms with Crippen molar-refractivity contribution in [2.45, 2.75) is 12.2 Å². The van der Waals surface area contributed by atoms with Gasteiger partial charge >= 0.3 is 0 Å². The average molecular weight is 118 g/mol. The molecule has 1 aliphatic rings. The van der Waals surface area contributed by atoms with Crippen LogP contribution in [0.4, 0.5) is 0 Å². The summed E-state index contributed by atoms with van der Waals surface area (Å²) in [6.07, 6.45) is -0.519. The Kier molecular flexibility index (Phi) is 1.83. The second-order valence-electron chi connectivity index (χ2n) is 1.88. The molecule has 0 aliphatic carbocycles. The van der Waals surface area contributed by atoms with Crippen molar-refractivity contribution >= 4 is 0 Å². The Morgan fingerprint density at radius 2 is 2.38 bits per heavy atom. The molecule has 0 aromatic carbocycles. The van der Waals surface area contributed by atoms with E-state index in [-0.39, 0.29) is 6.10 Å². The Labute approximate surface area is 48.2 Å². The molecule has 0 bridgehead atoms. The molecular weight excluding hydrogens is 108 g/mol. The summed E-state index contributed by atoms with van der Waals surface area (Å²) in [5.41, 5.74) is 0. The number of aliphatic hydroxyl groups is 1. The minimum absolute atomic E-state index is 0.102. The van der Waals surface area contributed by atoms with Crippen LogP contribution in [0, 0.1) is 0 Å². The molecule has 1 fully saturated rings. The lowest BCUT2D eigenvalue weighted by atomic mass is 10.3. The number of hydrogen-bond donors (Lipinski definition) is 1. The molecule has 3 heteroatoms.